The minimum atomic E-state index is -0.216. The van der Waals surface area contributed by atoms with Crippen molar-refractivity contribution in [3.05, 3.63) is 88.1 Å². The molecule has 0 radical (unpaired) electrons. The van der Waals surface area contributed by atoms with Crippen LogP contribution in [0.25, 0.3) is 0 Å². The summed E-state index contributed by atoms with van der Waals surface area (Å²) in [5, 5.41) is 11.7. The zero-order chi connectivity index (χ0) is 26.0. The third-order valence-corrected chi connectivity index (χ3v) is 8.43. The molecule has 2 saturated heterocycles. The molecular formula is C28H31Cl2N5O2. The normalized spacial score (nSPS) is 18.5. The van der Waals surface area contributed by atoms with Crippen LogP contribution in [0.1, 0.15) is 43.0 Å². The number of piperidine rings is 2. The van der Waals surface area contributed by atoms with Gasteiger partial charge >= 0.3 is 0 Å². The topological polar surface area (TPSA) is 66.6 Å². The van der Waals surface area contributed by atoms with Crippen LogP contribution in [0.15, 0.2) is 67.3 Å². The van der Waals surface area contributed by atoms with E-state index in [1.54, 1.807) is 4.90 Å². The molecule has 3 aromatic rings. The van der Waals surface area contributed by atoms with Crippen molar-refractivity contribution in [1.29, 1.82) is 0 Å². The molecule has 1 aromatic carbocycles. The number of hydrogen-bond acceptors (Lipinski definition) is 5. The van der Waals surface area contributed by atoms with Crippen LogP contribution in [0.4, 0.5) is 11.4 Å². The molecule has 5 rings (SSSR count). The summed E-state index contributed by atoms with van der Waals surface area (Å²) in [6, 6.07) is 15.0. The molecule has 2 fully saturated rings. The fourth-order valence-electron chi connectivity index (χ4n) is 5.69. The summed E-state index contributed by atoms with van der Waals surface area (Å²) in [4.78, 5) is 24.3. The Labute approximate surface area is 227 Å². The molecule has 0 atom stereocenters. The van der Waals surface area contributed by atoms with Gasteiger partial charge in [-0.1, -0.05) is 41.4 Å². The Kier molecular flexibility index (Phi) is 7.56. The van der Waals surface area contributed by atoms with E-state index in [2.05, 4.69) is 52.0 Å². The smallest absolute Gasteiger partial charge is 0.257 e. The Morgan fingerprint density at radius 2 is 1.62 bits per heavy atom. The molecule has 7 nitrogen and oxygen atoms in total. The van der Waals surface area contributed by atoms with Crippen LogP contribution in [0, 0.1) is 5.21 Å². The molecule has 0 unspecified atom stereocenters. The monoisotopic (exact) mass is 539 g/mol. The first-order valence-corrected chi connectivity index (χ1v) is 13.5. The third-order valence-electron chi connectivity index (χ3n) is 7.85. The highest BCUT2D eigenvalue weighted by Gasteiger charge is 2.40. The number of benzene rings is 1. The van der Waals surface area contributed by atoms with Gasteiger partial charge in [0.15, 0.2) is 12.4 Å². The van der Waals surface area contributed by atoms with E-state index < -0.39 is 0 Å². The lowest BCUT2D eigenvalue weighted by Crippen LogP contribution is -2.57. The van der Waals surface area contributed by atoms with Gasteiger partial charge in [-0.05, 0) is 56.9 Å². The molecule has 4 heterocycles. The van der Waals surface area contributed by atoms with Crippen molar-refractivity contribution < 1.29 is 9.52 Å². The van der Waals surface area contributed by atoms with Gasteiger partial charge in [-0.25, -0.2) is 0 Å². The number of anilines is 2. The van der Waals surface area contributed by atoms with Gasteiger partial charge in [-0.3, -0.25) is 14.7 Å². The molecule has 0 N–H and O–H groups in total. The van der Waals surface area contributed by atoms with Crippen molar-refractivity contribution in [2.24, 2.45) is 0 Å². The van der Waals surface area contributed by atoms with Crippen LogP contribution >= 0.6 is 23.2 Å². The van der Waals surface area contributed by atoms with Crippen molar-refractivity contribution in [3.8, 4) is 0 Å². The number of halogens is 2. The van der Waals surface area contributed by atoms with Crippen LogP contribution in [0.5, 0.6) is 0 Å². The van der Waals surface area contributed by atoms with E-state index in [0.717, 1.165) is 44.5 Å². The number of rotatable bonds is 5. The lowest BCUT2D eigenvalue weighted by atomic mass is 9.85. The number of carbonyl (C=O) groups is 1. The molecule has 0 bridgehead atoms. The van der Waals surface area contributed by atoms with Gasteiger partial charge in [0.2, 0.25) is 0 Å². The van der Waals surface area contributed by atoms with Gasteiger partial charge in [0.05, 0.1) is 17.4 Å². The van der Waals surface area contributed by atoms with Crippen LogP contribution in [-0.4, -0.2) is 58.5 Å². The van der Waals surface area contributed by atoms with Crippen molar-refractivity contribution in [1.82, 2.24) is 14.8 Å². The van der Waals surface area contributed by atoms with Gasteiger partial charge in [-0.15, -0.1) is 0 Å². The molecule has 2 aromatic heterocycles. The molecule has 0 spiro atoms. The van der Waals surface area contributed by atoms with Crippen molar-refractivity contribution in [2.75, 3.05) is 31.1 Å². The second kappa shape index (κ2) is 10.9. The summed E-state index contributed by atoms with van der Waals surface area (Å²) in [6.07, 6.45) is 9.93. The van der Waals surface area contributed by atoms with Crippen LogP contribution in [0.3, 0.4) is 0 Å². The Balaban J connectivity index is 1.23. The molecular weight excluding hydrogens is 509 g/mol. The third kappa shape index (κ3) is 5.40. The first kappa shape index (κ1) is 25.8. The van der Waals surface area contributed by atoms with E-state index in [4.69, 9.17) is 23.2 Å². The fraction of sp³-hybridized carbons (Fsp3) is 0.393. The Hall–Kier alpha value is -2.87. The molecule has 0 aliphatic carbocycles. The largest absolute Gasteiger partial charge is 0.619 e. The maximum Gasteiger partial charge on any atom is 0.257 e. The number of aromatic nitrogens is 2. The van der Waals surface area contributed by atoms with Gasteiger partial charge in [-0.2, -0.15) is 4.73 Å². The predicted molar refractivity (Wildman–Crippen MR) is 146 cm³/mol. The van der Waals surface area contributed by atoms with Crippen molar-refractivity contribution in [2.45, 2.75) is 44.2 Å². The molecule has 0 saturated carbocycles. The summed E-state index contributed by atoms with van der Waals surface area (Å²) in [7, 11) is 0. The fourth-order valence-corrected chi connectivity index (χ4v) is 6.30. The molecule has 1 amide bonds. The maximum atomic E-state index is 13.1. The Morgan fingerprint density at radius 1 is 1.00 bits per heavy atom. The van der Waals surface area contributed by atoms with E-state index in [0.29, 0.717) is 23.9 Å². The standard InChI is InChI=1S/C28H31Cl2N5O2/c1-28(11-16-32(17-12-28)27(36)26-24(29)19-34(37)20-25(26)30)33-14-9-22(10-15-33)35(21-6-3-2-4-7-21)23-8-5-13-31-18-23/h2-8,13,18-20,22H,9-12,14-17H2,1H3. The molecule has 9 heteroatoms. The lowest BCUT2D eigenvalue weighted by Gasteiger charge is -2.50. The van der Waals surface area contributed by atoms with Gasteiger partial charge in [0.1, 0.15) is 10.0 Å². The second-order valence-corrected chi connectivity index (χ2v) is 10.9. The number of nitrogens with zero attached hydrogens (tertiary/aromatic N) is 5. The molecule has 2 aliphatic heterocycles. The van der Waals surface area contributed by atoms with Crippen LogP contribution in [0.2, 0.25) is 10.0 Å². The number of amides is 1. The molecule has 37 heavy (non-hydrogen) atoms. The number of para-hydroxylation sites is 1. The Morgan fingerprint density at radius 3 is 2.22 bits per heavy atom. The highest BCUT2D eigenvalue weighted by Crippen LogP contribution is 2.36. The van der Waals surface area contributed by atoms with Crippen molar-refractivity contribution in [3.63, 3.8) is 0 Å². The summed E-state index contributed by atoms with van der Waals surface area (Å²) in [5.74, 6) is -0.216. The lowest BCUT2D eigenvalue weighted by molar-refractivity contribution is -0.605. The number of carbonyl (C=O) groups excluding carboxylic acids is 1. The average Bonchev–Trinajstić information content (AvgIpc) is 2.90. The summed E-state index contributed by atoms with van der Waals surface area (Å²) in [6.45, 7) is 5.56. The number of likely N-dealkylation sites (tertiary alicyclic amines) is 2. The minimum absolute atomic E-state index is 0.0238. The van der Waals surface area contributed by atoms with E-state index in [9.17, 15) is 10.0 Å². The highest BCUT2D eigenvalue weighted by atomic mass is 35.5. The molecule has 2 aliphatic rings. The van der Waals surface area contributed by atoms with Gasteiger partial charge in [0.25, 0.3) is 5.91 Å². The maximum absolute atomic E-state index is 13.1. The molecule has 194 valence electrons. The van der Waals surface area contributed by atoms with Crippen molar-refractivity contribution >= 4 is 40.5 Å². The van der Waals surface area contributed by atoms with E-state index in [-0.39, 0.29) is 27.1 Å². The number of hydrogen-bond donors (Lipinski definition) is 0. The summed E-state index contributed by atoms with van der Waals surface area (Å²) >= 11 is 12.4. The predicted octanol–water partition coefficient (Wildman–Crippen LogP) is 5.32. The van der Waals surface area contributed by atoms with E-state index in [1.165, 1.54) is 18.1 Å². The first-order valence-electron chi connectivity index (χ1n) is 12.7. The minimum Gasteiger partial charge on any atom is -0.619 e. The first-order chi connectivity index (χ1) is 17.9. The number of pyridine rings is 2. The van der Waals surface area contributed by atoms with E-state index in [1.807, 2.05) is 24.5 Å². The zero-order valence-corrected chi connectivity index (χ0v) is 22.4. The quantitative estimate of drug-likeness (QED) is 0.324. The second-order valence-electron chi connectivity index (χ2n) is 10.1. The van der Waals surface area contributed by atoms with Gasteiger partial charge < -0.3 is 15.0 Å². The highest BCUT2D eigenvalue weighted by molar-refractivity contribution is 6.39. The Bertz CT molecular complexity index is 1170. The van der Waals surface area contributed by atoms with Gasteiger partial charge in [0, 0.05) is 49.6 Å². The van der Waals surface area contributed by atoms with E-state index >= 15 is 0 Å². The summed E-state index contributed by atoms with van der Waals surface area (Å²) < 4.78 is 0.519. The van der Waals surface area contributed by atoms with Crippen LogP contribution in [-0.2, 0) is 0 Å². The summed E-state index contributed by atoms with van der Waals surface area (Å²) in [5.41, 5.74) is 2.53. The van der Waals surface area contributed by atoms with Crippen LogP contribution < -0.4 is 9.63 Å². The zero-order valence-electron chi connectivity index (χ0n) is 20.9. The average molecular weight is 540 g/mol. The SMILES string of the molecule is CC1(N2CCC(N(c3ccccc3)c3cccnc3)CC2)CCN(C(=O)c2c(Cl)c[n+]([O-])cc2Cl)CC1.